The standard InChI is InChI=1S/C17H18F3N3O/c1-2-8-22-16(24)14-10-12(21)6-7-15(14)23-13-5-3-4-11(9-13)17(18,19)20/h3-7,9-10,23H,2,8,21H2,1H3,(H,22,24). The van der Waals surface area contributed by atoms with Gasteiger partial charge in [-0.25, -0.2) is 0 Å². The Kier molecular flexibility index (Phi) is 5.33. The first-order chi connectivity index (χ1) is 11.3. The topological polar surface area (TPSA) is 67.2 Å². The number of alkyl halides is 3. The van der Waals surface area contributed by atoms with E-state index in [1.165, 1.54) is 18.2 Å². The largest absolute Gasteiger partial charge is 0.416 e. The third kappa shape index (κ3) is 4.41. The van der Waals surface area contributed by atoms with E-state index in [1.807, 2.05) is 6.92 Å². The highest BCUT2D eigenvalue weighted by Gasteiger charge is 2.30. The second-order valence-corrected chi connectivity index (χ2v) is 5.26. The van der Waals surface area contributed by atoms with Crippen LogP contribution in [0.25, 0.3) is 0 Å². The molecule has 128 valence electrons. The van der Waals surface area contributed by atoms with Gasteiger partial charge in [0.05, 0.1) is 16.8 Å². The van der Waals surface area contributed by atoms with Crippen LogP contribution in [-0.2, 0) is 6.18 Å². The number of nitrogens with two attached hydrogens (primary N) is 1. The van der Waals surface area contributed by atoms with Crippen molar-refractivity contribution in [2.75, 3.05) is 17.6 Å². The Bertz CT molecular complexity index is 729. The molecule has 0 atom stereocenters. The summed E-state index contributed by atoms with van der Waals surface area (Å²) in [4.78, 5) is 12.2. The van der Waals surface area contributed by atoms with E-state index in [-0.39, 0.29) is 17.2 Å². The summed E-state index contributed by atoms with van der Waals surface area (Å²) in [6.07, 6.45) is -3.66. The van der Waals surface area contributed by atoms with Gasteiger partial charge in [0.25, 0.3) is 5.91 Å². The summed E-state index contributed by atoms with van der Waals surface area (Å²) in [7, 11) is 0. The summed E-state index contributed by atoms with van der Waals surface area (Å²) >= 11 is 0. The molecule has 7 heteroatoms. The molecule has 0 aromatic heterocycles. The van der Waals surface area contributed by atoms with Crippen molar-refractivity contribution in [2.24, 2.45) is 0 Å². The molecule has 24 heavy (non-hydrogen) atoms. The number of halogens is 3. The minimum Gasteiger partial charge on any atom is -0.399 e. The van der Waals surface area contributed by atoms with Gasteiger partial charge in [-0.2, -0.15) is 13.2 Å². The van der Waals surface area contributed by atoms with E-state index in [0.717, 1.165) is 18.6 Å². The molecule has 2 aromatic carbocycles. The van der Waals surface area contributed by atoms with Crippen molar-refractivity contribution in [1.29, 1.82) is 0 Å². The highest BCUT2D eigenvalue weighted by atomic mass is 19.4. The van der Waals surface area contributed by atoms with Crippen molar-refractivity contribution >= 4 is 23.0 Å². The number of rotatable bonds is 5. The third-order valence-electron chi connectivity index (χ3n) is 3.29. The summed E-state index contributed by atoms with van der Waals surface area (Å²) in [5, 5.41) is 5.58. The molecule has 2 rings (SSSR count). The highest BCUT2D eigenvalue weighted by molar-refractivity contribution is 6.01. The summed E-state index contributed by atoms with van der Waals surface area (Å²) < 4.78 is 38.4. The zero-order valence-corrected chi connectivity index (χ0v) is 13.1. The van der Waals surface area contributed by atoms with Crippen molar-refractivity contribution in [3.63, 3.8) is 0 Å². The van der Waals surface area contributed by atoms with E-state index in [4.69, 9.17) is 5.73 Å². The lowest BCUT2D eigenvalue weighted by Gasteiger charge is -2.14. The fraction of sp³-hybridized carbons (Fsp3) is 0.235. The average molecular weight is 337 g/mol. The Morgan fingerprint density at radius 2 is 1.92 bits per heavy atom. The molecule has 0 fully saturated rings. The Morgan fingerprint density at radius 3 is 2.58 bits per heavy atom. The van der Waals surface area contributed by atoms with Gasteiger partial charge in [0, 0.05) is 17.9 Å². The van der Waals surface area contributed by atoms with Gasteiger partial charge < -0.3 is 16.4 Å². The number of anilines is 3. The highest BCUT2D eigenvalue weighted by Crippen LogP contribution is 2.32. The third-order valence-corrected chi connectivity index (χ3v) is 3.29. The van der Waals surface area contributed by atoms with Crippen LogP contribution in [0.4, 0.5) is 30.2 Å². The quantitative estimate of drug-likeness (QED) is 0.717. The fourth-order valence-corrected chi connectivity index (χ4v) is 2.12. The molecule has 0 radical (unpaired) electrons. The molecule has 0 heterocycles. The van der Waals surface area contributed by atoms with Gasteiger partial charge in [0.15, 0.2) is 0 Å². The normalized spacial score (nSPS) is 11.2. The number of hydrogen-bond donors (Lipinski definition) is 3. The van der Waals surface area contributed by atoms with Crippen molar-refractivity contribution < 1.29 is 18.0 Å². The molecular weight excluding hydrogens is 319 g/mol. The van der Waals surface area contributed by atoms with Crippen LogP contribution in [0.15, 0.2) is 42.5 Å². The molecule has 0 spiro atoms. The van der Waals surface area contributed by atoms with Gasteiger partial charge in [-0.1, -0.05) is 13.0 Å². The maximum Gasteiger partial charge on any atom is 0.416 e. The van der Waals surface area contributed by atoms with Gasteiger partial charge in [-0.15, -0.1) is 0 Å². The lowest BCUT2D eigenvalue weighted by molar-refractivity contribution is -0.137. The number of amides is 1. The lowest BCUT2D eigenvalue weighted by atomic mass is 10.1. The molecule has 0 aliphatic heterocycles. The van der Waals surface area contributed by atoms with Gasteiger partial charge >= 0.3 is 6.18 Å². The zero-order valence-electron chi connectivity index (χ0n) is 13.1. The predicted octanol–water partition coefficient (Wildman–Crippen LogP) is 4.17. The summed E-state index contributed by atoms with van der Waals surface area (Å²) in [5.74, 6) is -0.335. The summed E-state index contributed by atoms with van der Waals surface area (Å²) in [6.45, 7) is 2.41. The number of nitrogen functional groups attached to an aromatic ring is 1. The molecule has 0 saturated carbocycles. The predicted molar refractivity (Wildman–Crippen MR) is 88.2 cm³/mol. The first-order valence-corrected chi connectivity index (χ1v) is 7.43. The SMILES string of the molecule is CCCNC(=O)c1cc(N)ccc1Nc1cccc(C(F)(F)F)c1. The van der Waals surface area contributed by atoms with Crippen molar-refractivity contribution in [3.05, 3.63) is 53.6 Å². The van der Waals surface area contributed by atoms with Crippen LogP contribution < -0.4 is 16.4 Å². The summed E-state index contributed by atoms with van der Waals surface area (Å²) in [5.41, 5.74) is 6.24. The van der Waals surface area contributed by atoms with Crippen molar-refractivity contribution in [3.8, 4) is 0 Å². The first kappa shape index (κ1) is 17.7. The van der Waals surface area contributed by atoms with E-state index in [2.05, 4.69) is 10.6 Å². The number of carbonyl (C=O) groups is 1. The van der Waals surface area contributed by atoms with Crippen molar-refractivity contribution in [2.45, 2.75) is 19.5 Å². The van der Waals surface area contributed by atoms with E-state index < -0.39 is 11.7 Å². The molecule has 4 N–H and O–H groups in total. The lowest BCUT2D eigenvalue weighted by Crippen LogP contribution is -2.25. The number of nitrogens with one attached hydrogen (secondary N) is 2. The Labute approximate surface area is 137 Å². The molecule has 0 saturated heterocycles. The molecular formula is C17H18F3N3O. The van der Waals surface area contributed by atoms with E-state index in [9.17, 15) is 18.0 Å². The van der Waals surface area contributed by atoms with Gasteiger partial charge in [-0.3, -0.25) is 4.79 Å². The van der Waals surface area contributed by atoms with Gasteiger partial charge in [0.1, 0.15) is 0 Å². The number of hydrogen-bond acceptors (Lipinski definition) is 3. The van der Waals surface area contributed by atoms with Crippen LogP contribution in [0.3, 0.4) is 0 Å². The first-order valence-electron chi connectivity index (χ1n) is 7.43. The van der Waals surface area contributed by atoms with Crippen LogP contribution in [0, 0.1) is 0 Å². The van der Waals surface area contributed by atoms with Gasteiger partial charge in [0.2, 0.25) is 0 Å². The average Bonchev–Trinajstić information content (AvgIpc) is 2.53. The molecule has 0 bridgehead atoms. The Hall–Kier alpha value is -2.70. The van der Waals surface area contributed by atoms with Crippen molar-refractivity contribution in [1.82, 2.24) is 5.32 Å². The smallest absolute Gasteiger partial charge is 0.399 e. The van der Waals surface area contributed by atoms with E-state index >= 15 is 0 Å². The minimum absolute atomic E-state index is 0.235. The Balaban J connectivity index is 2.31. The number of carbonyl (C=O) groups excluding carboxylic acids is 1. The van der Waals surface area contributed by atoms with Gasteiger partial charge in [-0.05, 0) is 42.8 Å². The van der Waals surface area contributed by atoms with Crippen LogP contribution >= 0.6 is 0 Å². The molecule has 2 aromatic rings. The maximum atomic E-state index is 12.8. The second kappa shape index (κ2) is 7.25. The Morgan fingerprint density at radius 1 is 1.17 bits per heavy atom. The molecule has 0 unspecified atom stereocenters. The second-order valence-electron chi connectivity index (χ2n) is 5.26. The monoisotopic (exact) mass is 337 g/mol. The maximum absolute atomic E-state index is 12.8. The fourth-order valence-electron chi connectivity index (χ4n) is 2.12. The van der Waals surface area contributed by atoms with Crippen LogP contribution in [0.1, 0.15) is 29.3 Å². The zero-order chi connectivity index (χ0) is 17.7. The molecule has 1 amide bonds. The van der Waals surface area contributed by atoms with E-state index in [0.29, 0.717) is 17.9 Å². The number of benzene rings is 2. The minimum atomic E-state index is -4.43. The molecule has 4 nitrogen and oxygen atoms in total. The molecule has 0 aliphatic rings. The van der Waals surface area contributed by atoms with Crippen LogP contribution in [-0.4, -0.2) is 12.5 Å². The van der Waals surface area contributed by atoms with Crippen LogP contribution in [0.5, 0.6) is 0 Å². The molecule has 0 aliphatic carbocycles. The van der Waals surface area contributed by atoms with E-state index in [1.54, 1.807) is 12.1 Å². The summed E-state index contributed by atoms with van der Waals surface area (Å²) in [6, 6.07) is 9.41. The van der Waals surface area contributed by atoms with Crippen LogP contribution in [0.2, 0.25) is 0 Å².